The average molecular weight is 514 g/mol. The highest BCUT2D eigenvalue weighted by molar-refractivity contribution is 6.01. The summed E-state index contributed by atoms with van der Waals surface area (Å²) in [6.07, 6.45) is -1.34. The molecule has 8 nitrogen and oxygen atoms in total. The number of hydrogen-bond donors (Lipinski definition) is 3. The predicted molar refractivity (Wildman–Crippen MR) is 133 cm³/mol. The number of benzene rings is 1. The van der Waals surface area contributed by atoms with E-state index in [1.807, 2.05) is 0 Å². The Morgan fingerprint density at radius 2 is 1.68 bits per heavy atom. The third-order valence-electron chi connectivity index (χ3n) is 5.99. The van der Waals surface area contributed by atoms with Crippen molar-refractivity contribution in [2.75, 3.05) is 23.0 Å². The number of aryl methyl sites for hydroxylation is 2. The van der Waals surface area contributed by atoms with Gasteiger partial charge in [0.1, 0.15) is 11.6 Å². The highest BCUT2D eigenvalue weighted by Crippen LogP contribution is 2.34. The molecule has 0 aliphatic rings. The van der Waals surface area contributed by atoms with E-state index in [2.05, 4.69) is 25.9 Å². The Morgan fingerprint density at radius 3 is 2.35 bits per heavy atom. The van der Waals surface area contributed by atoms with Crippen LogP contribution in [-0.2, 0) is 13.2 Å². The van der Waals surface area contributed by atoms with E-state index in [0.717, 1.165) is 12.3 Å². The number of carbonyl (C=O) groups is 1. The molecule has 0 saturated heterocycles. The van der Waals surface area contributed by atoms with Gasteiger partial charge in [-0.15, -0.1) is 0 Å². The molecular formula is C25H22F4N6O2. The second-order valence-electron chi connectivity index (χ2n) is 8.38. The summed E-state index contributed by atoms with van der Waals surface area (Å²) in [6.45, 7) is 2.81. The Labute approximate surface area is 208 Å². The second-order valence-corrected chi connectivity index (χ2v) is 8.38. The number of carbonyl (C=O) groups excluding carboxylic acids is 1. The van der Waals surface area contributed by atoms with Crippen LogP contribution in [0.1, 0.15) is 16.7 Å². The highest BCUT2D eigenvalue weighted by Gasteiger charge is 2.33. The Morgan fingerprint density at radius 1 is 0.973 bits per heavy atom. The first-order chi connectivity index (χ1) is 17.4. The fourth-order valence-corrected chi connectivity index (χ4v) is 3.97. The molecule has 0 radical (unpaired) electrons. The Kier molecular flexibility index (Phi) is 6.59. The molecule has 0 saturated carbocycles. The summed E-state index contributed by atoms with van der Waals surface area (Å²) in [4.78, 5) is 33.5. The Balaban J connectivity index is 1.70. The van der Waals surface area contributed by atoms with Gasteiger partial charge in [0, 0.05) is 43.5 Å². The molecule has 0 atom stereocenters. The van der Waals surface area contributed by atoms with Crippen LogP contribution < -0.4 is 21.5 Å². The van der Waals surface area contributed by atoms with Crippen molar-refractivity contribution in [1.29, 1.82) is 0 Å². The van der Waals surface area contributed by atoms with E-state index in [1.165, 1.54) is 17.6 Å². The lowest BCUT2D eigenvalue weighted by atomic mass is 9.99. The summed E-state index contributed by atoms with van der Waals surface area (Å²) in [5.74, 6) is -0.204. The Bertz CT molecular complexity index is 1600. The van der Waals surface area contributed by atoms with Gasteiger partial charge >= 0.3 is 12.2 Å². The van der Waals surface area contributed by atoms with Crippen LogP contribution in [0, 0.1) is 19.7 Å². The van der Waals surface area contributed by atoms with Crippen LogP contribution in [0.25, 0.3) is 22.0 Å². The van der Waals surface area contributed by atoms with Gasteiger partial charge in [-0.3, -0.25) is 9.78 Å². The van der Waals surface area contributed by atoms with Gasteiger partial charge in [0.25, 0.3) is 5.56 Å². The molecule has 12 heteroatoms. The monoisotopic (exact) mass is 514 g/mol. The number of halogens is 4. The normalized spacial score (nSPS) is 11.5. The molecule has 1 aromatic carbocycles. The number of nitrogens with zero attached hydrogens (tertiary/aromatic N) is 3. The minimum absolute atomic E-state index is 0.183. The van der Waals surface area contributed by atoms with Crippen molar-refractivity contribution in [2.24, 2.45) is 7.05 Å². The molecule has 2 amide bonds. The molecule has 192 valence electrons. The number of hydrogen-bond acceptors (Lipinski definition) is 5. The third-order valence-corrected chi connectivity index (χ3v) is 5.99. The summed E-state index contributed by atoms with van der Waals surface area (Å²) in [5.41, 5.74) is -0.333. The van der Waals surface area contributed by atoms with Crippen LogP contribution in [0.2, 0.25) is 0 Å². The van der Waals surface area contributed by atoms with Crippen LogP contribution in [0.5, 0.6) is 0 Å². The van der Waals surface area contributed by atoms with E-state index in [9.17, 15) is 27.2 Å². The number of alkyl halides is 3. The van der Waals surface area contributed by atoms with Crippen LogP contribution in [0.3, 0.4) is 0 Å². The quantitative estimate of drug-likeness (QED) is 0.314. The lowest BCUT2D eigenvalue weighted by Gasteiger charge is -2.16. The molecule has 0 aliphatic heterocycles. The number of urea groups is 1. The van der Waals surface area contributed by atoms with Gasteiger partial charge in [0.2, 0.25) is 0 Å². The molecule has 0 aliphatic carbocycles. The van der Waals surface area contributed by atoms with Crippen LogP contribution >= 0.6 is 0 Å². The molecule has 3 N–H and O–H groups in total. The van der Waals surface area contributed by atoms with Crippen molar-refractivity contribution in [3.8, 4) is 11.1 Å². The third kappa shape index (κ3) is 4.95. The number of anilines is 3. The lowest BCUT2D eigenvalue weighted by Crippen LogP contribution is -2.22. The van der Waals surface area contributed by atoms with Gasteiger partial charge in [-0.2, -0.15) is 13.2 Å². The molecule has 0 fully saturated rings. The van der Waals surface area contributed by atoms with E-state index < -0.39 is 23.6 Å². The number of nitrogens with one attached hydrogen (secondary N) is 3. The topological polar surface area (TPSA) is 101 Å². The van der Waals surface area contributed by atoms with Crippen molar-refractivity contribution in [3.63, 3.8) is 0 Å². The summed E-state index contributed by atoms with van der Waals surface area (Å²) < 4.78 is 55.7. The lowest BCUT2D eigenvalue weighted by molar-refractivity contribution is -0.138. The van der Waals surface area contributed by atoms with Crippen LogP contribution in [-0.4, -0.2) is 27.6 Å². The van der Waals surface area contributed by atoms with Gasteiger partial charge in [0.05, 0.1) is 28.7 Å². The van der Waals surface area contributed by atoms with Gasteiger partial charge in [-0.1, -0.05) is 0 Å². The maximum absolute atomic E-state index is 14.8. The molecule has 3 heterocycles. The molecule has 0 spiro atoms. The number of pyridine rings is 3. The number of amides is 2. The van der Waals surface area contributed by atoms with E-state index in [-0.39, 0.29) is 28.1 Å². The first-order valence-electron chi connectivity index (χ1n) is 11.0. The molecule has 0 bridgehead atoms. The van der Waals surface area contributed by atoms with E-state index >= 15 is 0 Å². The standard InChI is InChI=1S/C25H22F4N6O2/c1-12-5-18(26)19(33-24(37)34-20-11-31-10-17(13(20)2)25(27,28)29)7-15(12)16-6-14-9-32-22(30-3)8-21(14)35(4)23(16)36/h5-11H,1-4H3,(H,30,32)(H2,33,34,37). The second kappa shape index (κ2) is 9.52. The van der Waals surface area contributed by atoms with Gasteiger partial charge < -0.3 is 20.5 Å². The van der Waals surface area contributed by atoms with E-state index in [0.29, 0.717) is 34.0 Å². The molecule has 4 aromatic rings. The molecule has 3 aromatic heterocycles. The maximum Gasteiger partial charge on any atom is 0.418 e. The summed E-state index contributed by atoms with van der Waals surface area (Å²) >= 11 is 0. The maximum atomic E-state index is 14.8. The van der Waals surface area contributed by atoms with Gasteiger partial charge in [-0.25, -0.2) is 14.2 Å². The minimum Gasteiger partial charge on any atom is -0.373 e. The largest absolute Gasteiger partial charge is 0.418 e. The fraction of sp³-hybridized carbons (Fsp3) is 0.200. The number of rotatable bonds is 4. The average Bonchev–Trinajstić information content (AvgIpc) is 2.83. The van der Waals surface area contributed by atoms with Gasteiger partial charge in [-0.05, 0) is 48.7 Å². The summed E-state index contributed by atoms with van der Waals surface area (Å²) in [6, 6.07) is 4.84. The number of fused-ring (bicyclic) bond motifs is 1. The van der Waals surface area contributed by atoms with Crippen molar-refractivity contribution in [3.05, 3.63) is 75.7 Å². The molecule has 0 unspecified atom stereocenters. The van der Waals surface area contributed by atoms with Crippen molar-refractivity contribution in [1.82, 2.24) is 14.5 Å². The van der Waals surface area contributed by atoms with Crippen LogP contribution in [0.4, 0.5) is 39.5 Å². The van der Waals surface area contributed by atoms with E-state index in [4.69, 9.17) is 0 Å². The first-order valence-corrected chi connectivity index (χ1v) is 11.0. The number of aromatic nitrogens is 3. The van der Waals surface area contributed by atoms with Crippen molar-refractivity contribution >= 4 is 34.1 Å². The smallest absolute Gasteiger partial charge is 0.373 e. The predicted octanol–water partition coefficient (Wildman–Crippen LogP) is 5.46. The molecule has 37 heavy (non-hydrogen) atoms. The fourth-order valence-electron chi connectivity index (χ4n) is 3.97. The van der Waals surface area contributed by atoms with Crippen molar-refractivity contribution < 1.29 is 22.4 Å². The zero-order chi connectivity index (χ0) is 27.1. The summed E-state index contributed by atoms with van der Waals surface area (Å²) in [5, 5.41) is 8.15. The SMILES string of the molecule is CNc1cc2c(cn1)cc(-c1cc(NC(=O)Nc3cncc(C(F)(F)F)c3C)c(F)cc1C)c(=O)n2C. The van der Waals surface area contributed by atoms with Crippen LogP contribution in [0.15, 0.2) is 47.7 Å². The van der Waals surface area contributed by atoms with E-state index in [1.54, 1.807) is 39.3 Å². The highest BCUT2D eigenvalue weighted by atomic mass is 19.4. The van der Waals surface area contributed by atoms with Crippen molar-refractivity contribution in [2.45, 2.75) is 20.0 Å². The molecule has 4 rings (SSSR count). The van der Waals surface area contributed by atoms with Gasteiger partial charge in [0.15, 0.2) is 0 Å². The Hall–Kier alpha value is -4.48. The minimum atomic E-state index is -4.65. The summed E-state index contributed by atoms with van der Waals surface area (Å²) in [7, 11) is 3.31. The zero-order valence-electron chi connectivity index (χ0n) is 20.2. The zero-order valence-corrected chi connectivity index (χ0v) is 20.2. The first kappa shape index (κ1) is 25.6. The molecular weight excluding hydrogens is 492 g/mol.